The highest BCUT2D eigenvalue weighted by atomic mass is 32.2. The Hall–Kier alpha value is -3.26. The van der Waals surface area contributed by atoms with Gasteiger partial charge in [0.1, 0.15) is 6.67 Å². The van der Waals surface area contributed by atoms with Crippen LogP contribution in [0.5, 0.6) is 0 Å². The number of fused-ring (bicyclic) bond motifs is 1. The van der Waals surface area contributed by atoms with E-state index in [9.17, 15) is 26.0 Å². The smallest absolute Gasteiger partial charge is 0.262 e. The predicted octanol–water partition coefficient (Wildman–Crippen LogP) is 4.04. The van der Waals surface area contributed by atoms with Crippen LogP contribution in [0.2, 0.25) is 0 Å². The zero-order valence-corrected chi connectivity index (χ0v) is 24.7. The van der Waals surface area contributed by atoms with Crippen LogP contribution < -0.4 is 14.8 Å². The molecule has 0 radical (unpaired) electrons. The third-order valence-corrected chi connectivity index (χ3v) is 9.57. The van der Waals surface area contributed by atoms with Gasteiger partial charge in [0, 0.05) is 35.2 Å². The van der Waals surface area contributed by atoms with Gasteiger partial charge in [0.25, 0.3) is 10.0 Å². The number of nitrogens with one attached hydrogen (secondary N) is 3. The van der Waals surface area contributed by atoms with Crippen molar-refractivity contribution in [1.82, 2.24) is 4.90 Å². The quantitative estimate of drug-likeness (QED) is 0.283. The molecule has 1 aliphatic rings. The summed E-state index contributed by atoms with van der Waals surface area (Å²) in [6.45, 7) is 5.64. The molecule has 1 aliphatic heterocycles. The molecule has 1 amide bonds. The van der Waals surface area contributed by atoms with Crippen molar-refractivity contribution in [2.75, 3.05) is 60.0 Å². The van der Waals surface area contributed by atoms with Crippen LogP contribution >= 0.6 is 0 Å². The van der Waals surface area contributed by atoms with Crippen LogP contribution in [0, 0.1) is 5.41 Å². The van der Waals surface area contributed by atoms with Crippen molar-refractivity contribution in [1.29, 1.82) is 0 Å². The summed E-state index contributed by atoms with van der Waals surface area (Å²) in [6.07, 6.45) is 0.458. The maximum atomic E-state index is 13.4. The number of alkyl halides is 1. The van der Waals surface area contributed by atoms with Gasteiger partial charge in [-0.2, -0.15) is 0 Å². The van der Waals surface area contributed by atoms with Crippen LogP contribution in [-0.2, 0) is 29.6 Å². The van der Waals surface area contributed by atoms with E-state index in [1.807, 2.05) is 0 Å². The third kappa shape index (κ3) is 7.94. The van der Waals surface area contributed by atoms with Gasteiger partial charge in [0.05, 0.1) is 35.0 Å². The van der Waals surface area contributed by atoms with E-state index in [4.69, 9.17) is 4.74 Å². The van der Waals surface area contributed by atoms with Crippen molar-refractivity contribution in [3.8, 4) is 0 Å². The lowest BCUT2D eigenvalue weighted by Gasteiger charge is -2.26. The molecule has 222 valence electrons. The monoisotopic (exact) mass is 606 g/mol. The Bertz CT molecular complexity index is 1590. The van der Waals surface area contributed by atoms with E-state index in [-0.39, 0.29) is 16.3 Å². The van der Waals surface area contributed by atoms with Crippen LogP contribution in [0.3, 0.4) is 0 Å². The normalized spacial score (nSPS) is 15.0. The fourth-order valence-corrected chi connectivity index (χ4v) is 6.72. The second-order valence-electron chi connectivity index (χ2n) is 10.5. The molecule has 10 nitrogen and oxygen atoms in total. The Labute approximate surface area is 240 Å². The molecule has 1 saturated heterocycles. The van der Waals surface area contributed by atoms with E-state index in [1.165, 1.54) is 44.2 Å². The van der Waals surface area contributed by atoms with E-state index in [1.54, 1.807) is 30.3 Å². The Morgan fingerprint density at radius 1 is 0.902 bits per heavy atom. The second-order valence-corrected chi connectivity index (χ2v) is 14.0. The van der Waals surface area contributed by atoms with Gasteiger partial charge in [-0.05, 0) is 63.2 Å². The minimum absolute atomic E-state index is 0.0227. The molecule has 3 aromatic rings. The van der Waals surface area contributed by atoms with Gasteiger partial charge in [0.15, 0.2) is 0 Å². The highest BCUT2D eigenvalue weighted by Gasteiger charge is 2.27. The number of hydrogen-bond acceptors (Lipinski definition) is 7. The maximum Gasteiger partial charge on any atom is 0.262 e. The molecule has 0 aliphatic carbocycles. The van der Waals surface area contributed by atoms with Crippen LogP contribution in [0.1, 0.15) is 20.3 Å². The molecule has 4 rings (SSSR count). The fraction of sp³-hybridized carbons (Fsp3) is 0.393. The molecule has 0 aromatic heterocycles. The molecule has 3 aromatic carbocycles. The van der Waals surface area contributed by atoms with Crippen LogP contribution in [0.4, 0.5) is 21.5 Å². The molecule has 0 unspecified atom stereocenters. The van der Waals surface area contributed by atoms with Gasteiger partial charge in [-0.3, -0.25) is 19.1 Å². The number of carbonyl (C=O) groups is 1. The largest absolute Gasteiger partial charge is 0.379 e. The molecule has 0 spiro atoms. The fourth-order valence-electron chi connectivity index (χ4n) is 4.32. The van der Waals surface area contributed by atoms with E-state index in [2.05, 4.69) is 19.7 Å². The molecule has 41 heavy (non-hydrogen) atoms. The van der Waals surface area contributed by atoms with Gasteiger partial charge in [0.2, 0.25) is 15.9 Å². The molecular weight excluding hydrogens is 571 g/mol. The van der Waals surface area contributed by atoms with Crippen LogP contribution in [0.25, 0.3) is 10.8 Å². The first kappa shape index (κ1) is 30.7. The predicted molar refractivity (Wildman–Crippen MR) is 159 cm³/mol. The van der Waals surface area contributed by atoms with Crippen molar-refractivity contribution < 1.29 is 30.8 Å². The Kier molecular flexibility index (Phi) is 9.52. The highest BCUT2D eigenvalue weighted by molar-refractivity contribution is 7.93. The molecule has 3 N–H and O–H groups in total. The molecule has 0 atom stereocenters. The summed E-state index contributed by atoms with van der Waals surface area (Å²) >= 11 is 0. The SMILES string of the molecule is CC(C)(CF)C(=O)Nc1ccc(NS(=O)(=O)c2cccc3c(NS(=O)(=O)CCCN4CCOCC4)cccc23)cc1. The van der Waals surface area contributed by atoms with E-state index in [0.717, 1.165) is 13.1 Å². The average Bonchev–Trinajstić information content (AvgIpc) is 2.94. The summed E-state index contributed by atoms with van der Waals surface area (Å²) in [5.41, 5.74) is -0.250. The van der Waals surface area contributed by atoms with Gasteiger partial charge in [-0.15, -0.1) is 0 Å². The minimum atomic E-state index is -4.07. The van der Waals surface area contributed by atoms with Crippen LogP contribution in [-0.4, -0.2) is 72.9 Å². The zero-order valence-electron chi connectivity index (χ0n) is 23.0. The number of carbonyl (C=O) groups excluding carboxylic acids is 1. The van der Waals surface area contributed by atoms with E-state index in [0.29, 0.717) is 48.3 Å². The Morgan fingerprint density at radius 3 is 2.22 bits per heavy atom. The second kappa shape index (κ2) is 12.7. The zero-order chi connectivity index (χ0) is 29.7. The minimum Gasteiger partial charge on any atom is -0.379 e. The van der Waals surface area contributed by atoms with Gasteiger partial charge in [-0.1, -0.05) is 24.3 Å². The third-order valence-electron chi connectivity index (χ3n) is 6.77. The topological polar surface area (TPSA) is 134 Å². The summed E-state index contributed by atoms with van der Waals surface area (Å²) < 4.78 is 76.0. The number of sulfonamides is 2. The Morgan fingerprint density at radius 2 is 1.54 bits per heavy atom. The van der Waals surface area contributed by atoms with Crippen LogP contribution in [0.15, 0.2) is 65.6 Å². The summed E-state index contributed by atoms with van der Waals surface area (Å²) in [5, 5.41) is 3.41. The molecule has 13 heteroatoms. The lowest BCUT2D eigenvalue weighted by atomic mass is 9.94. The standard InChI is InChI=1S/C28H35FN4O6S2/c1-28(2,20-29)27(34)30-21-10-12-22(13-11-21)31-41(37,38)26-9-4-6-23-24(26)7-3-8-25(23)32-40(35,36)19-5-14-33-15-17-39-18-16-33/h3-4,6-13,31-32H,5,14-20H2,1-2H3,(H,30,34). The molecule has 1 heterocycles. The highest BCUT2D eigenvalue weighted by Crippen LogP contribution is 2.31. The van der Waals surface area contributed by atoms with Crippen molar-refractivity contribution in [2.24, 2.45) is 5.41 Å². The van der Waals surface area contributed by atoms with E-state index < -0.39 is 38.0 Å². The average molecular weight is 607 g/mol. The number of hydrogen-bond donors (Lipinski definition) is 3. The maximum absolute atomic E-state index is 13.4. The first-order valence-corrected chi connectivity index (χ1v) is 16.4. The summed E-state index contributed by atoms with van der Waals surface area (Å²) in [7, 11) is -7.74. The van der Waals surface area contributed by atoms with Crippen molar-refractivity contribution in [2.45, 2.75) is 25.2 Å². The van der Waals surface area contributed by atoms with E-state index >= 15 is 0 Å². The number of benzene rings is 3. The van der Waals surface area contributed by atoms with Crippen molar-refractivity contribution in [3.05, 3.63) is 60.7 Å². The number of ether oxygens (including phenoxy) is 1. The number of anilines is 3. The first-order valence-electron chi connectivity index (χ1n) is 13.2. The van der Waals surface area contributed by atoms with Gasteiger partial charge < -0.3 is 10.1 Å². The van der Waals surface area contributed by atoms with Gasteiger partial charge >= 0.3 is 0 Å². The number of halogens is 1. The molecule has 1 fully saturated rings. The number of nitrogens with zero attached hydrogens (tertiary/aromatic N) is 1. The van der Waals surface area contributed by atoms with Crippen molar-refractivity contribution in [3.63, 3.8) is 0 Å². The number of morpholine rings is 1. The summed E-state index contributed by atoms with van der Waals surface area (Å²) in [6, 6.07) is 15.5. The molecule has 0 bridgehead atoms. The Balaban J connectivity index is 1.48. The molecule has 0 saturated carbocycles. The summed E-state index contributed by atoms with van der Waals surface area (Å²) in [5.74, 6) is -0.560. The molecular formula is C28H35FN4O6S2. The lowest BCUT2D eigenvalue weighted by Crippen LogP contribution is -2.37. The lowest BCUT2D eigenvalue weighted by molar-refractivity contribution is -0.124. The number of rotatable bonds is 12. The van der Waals surface area contributed by atoms with Crippen molar-refractivity contribution >= 4 is 53.8 Å². The summed E-state index contributed by atoms with van der Waals surface area (Å²) in [4.78, 5) is 14.4. The number of amides is 1. The van der Waals surface area contributed by atoms with Gasteiger partial charge in [-0.25, -0.2) is 21.2 Å². The first-order chi connectivity index (χ1) is 19.4.